The van der Waals surface area contributed by atoms with Gasteiger partial charge in [-0.15, -0.1) is 0 Å². The highest BCUT2D eigenvalue weighted by Gasteiger charge is 1.90. The Hall–Kier alpha value is -1.02. The van der Waals surface area contributed by atoms with Crippen LogP contribution in [0.5, 0.6) is 0 Å². The van der Waals surface area contributed by atoms with Crippen molar-refractivity contribution < 1.29 is 0 Å². The maximum absolute atomic E-state index is 8.86. The van der Waals surface area contributed by atoms with Crippen molar-refractivity contribution >= 4 is 5.69 Å². The average Bonchev–Trinajstić information content (AvgIpc) is 1.90. The third-order valence-electron chi connectivity index (χ3n) is 1.13. The van der Waals surface area contributed by atoms with Crippen molar-refractivity contribution in [2.45, 2.75) is 0 Å². The van der Waals surface area contributed by atoms with Gasteiger partial charge in [0.25, 0.3) is 0 Å². The molecule has 0 aliphatic heterocycles. The highest BCUT2D eigenvalue weighted by molar-refractivity contribution is 5.42. The third-order valence-corrected chi connectivity index (χ3v) is 1.13. The minimum Gasteiger partial charge on any atom is -0.276 e. The monoisotopic (exact) mass is 120 g/mol. The molecule has 0 amide bonds. The molecule has 0 aliphatic carbocycles. The average molecular weight is 120 g/mol. The van der Waals surface area contributed by atoms with E-state index in [0.29, 0.717) is 0 Å². The van der Waals surface area contributed by atoms with E-state index in [2.05, 4.69) is 0 Å². The minimum absolute atomic E-state index is 0.803. The van der Waals surface area contributed by atoms with E-state index in [-0.39, 0.29) is 0 Å². The van der Waals surface area contributed by atoms with Crippen LogP contribution in [-0.4, -0.2) is 7.05 Å². The summed E-state index contributed by atoms with van der Waals surface area (Å²) < 4.78 is 0. The van der Waals surface area contributed by atoms with Gasteiger partial charge in [-0.3, -0.25) is 5.01 Å². The number of hydrogen-bond acceptors (Lipinski definition) is 1. The Morgan fingerprint density at radius 3 is 2.11 bits per heavy atom. The van der Waals surface area contributed by atoms with Crippen molar-refractivity contribution in [2.24, 2.45) is 0 Å². The Morgan fingerprint density at radius 2 is 1.78 bits per heavy atom. The molecule has 2 nitrogen and oxygen atoms in total. The lowest BCUT2D eigenvalue weighted by molar-refractivity contribution is 0.979. The molecule has 0 unspecified atom stereocenters. The molecule has 46 valence electrons. The lowest BCUT2D eigenvalue weighted by atomic mass is 10.3. The van der Waals surface area contributed by atoms with Gasteiger partial charge >= 0.3 is 0 Å². The first-order valence-corrected chi connectivity index (χ1v) is 2.78. The molecule has 0 fully saturated rings. The molecule has 2 heteroatoms. The van der Waals surface area contributed by atoms with E-state index in [9.17, 15) is 0 Å². The zero-order chi connectivity index (χ0) is 6.69. The molecule has 0 bridgehead atoms. The number of anilines is 1. The van der Waals surface area contributed by atoms with E-state index < -0.39 is 0 Å². The Bertz CT molecular complexity index is 170. The Labute approximate surface area is 54.9 Å². The summed E-state index contributed by atoms with van der Waals surface area (Å²) in [5.74, 6) is 8.86. The number of nitrogens with zero attached hydrogens (tertiary/aromatic N) is 2. The number of para-hydroxylation sites is 1. The Balaban J connectivity index is 2.85. The molecule has 1 aromatic carbocycles. The molecule has 1 rings (SSSR count). The highest BCUT2D eigenvalue weighted by atomic mass is 15.4. The summed E-state index contributed by atoms with van der Waals surface area (Å²) in [7, 11) is 1.59. The van der Waals surface area contributed by atoms with Crippen molar-refractivity contribution in [3.8, 4) is 0 Å². The maximum Gasteiger partial charge on any atom is 0.0548 e. The van der Waals surface area contributed by atoms with Gasteiger partial charge in [-0.25, -0.2) is 0 Å². The van der Waals surface area contributed by atoms with E-state index >= 15 is 0 Å². The van der Waals surface area contributed by atoms with Crippen molar-refractivity contribution in [3.63, 3.8) is 0 Å². The van der Waals surface area contributed by atoms with Gasteiger partial charge in [-0.1, -0.05) is 18.2 Å². The quantitative estimate of drug-likeness (QED) is 0.509. The van der Waals surface area contributed by atoms with Gasteiger partial charge in [0.05, 0.1) is 5.69 Å². The number of hydrogen-bond donors (Lipinski definition) is 0. The lowest BCUT2D eigenvalue weighted by Crippen LogP contribution is -2.11. The van der Waals surface area contributed by atoms with Crippen LogP contribution in [0.3, 0.4) is 0 Å². The van der Waals surface area contributed by atoms with Crippen LogP contribution in [0.2, 0.25) is 0 Å². The van der Waals surface area contributed by atoms with E-state index in [1.165, 1.54) is 0 Å². The normalized spacial score (nSPS) is 9.11. The molecule has 0 spiro atoms. The van der Waals surface area contributed by atoms with Crippen LogP contribution >= 0.6 is 0 Å². The van der Waals surface area contributed by atoms with Crippen LogP contribution < -0.4 is 10.9 Å². The second-order valence-electron chi connectivity index (χ2n) is 1.86. The van der Waals surface area contributed by atoms with Gasteiger partial charge in [-0.2, -0.15) is 0 Å². The summed E-state index contributed by atoms with van der Waals surface area (Å²) in [6.07, 6.45) is 0. The molecule has 1 aromatic rings. The zero-order valence-corrected chi connectivity index (χ0v) is 5.28. The van der Waals surface area contributed by atoms with Crippen LogP contribution in [0, 0.1) is 0 Å². The van der Waals surface area contributed by atoms with Crippen molar-refractivity contribution in [1.82, 2.24) is 5.84 Å². The summed E-state index contributed by atoms with van der Waals surface area (Å²) in [6.45, 7) is 0. The van der Waals surface area contributed by atoms with Crippen LogP contribution in [-0.2, 0) is 0 Å². The molecular formula is C7H8N2. The van der Waals surface area contributed by atoms with Gasteiger partial charge in [0.2, 0.25) is 0 Å². The van der Waals surface area contributed by atoms with Crippen LogP contribution in [0.25, 0.3) is 0 Å². The molecular weight excluding hydrogens is 112 g/mol. The van der Waals surface area contributed by atoms with E-state index in [1.807, 2.05) is 30.3 Å². The topological polar surface area (TPSA) is 25.5 Å². The Morgan fingerprint density at radius 1 is 1.22 bits per heavy atom. The number of benzene rings is 1. The smallest absolute Gasteiger partial charge is 0.0548 e. The summed E-state index contributed by atoms with van der Waals surface area (Å²) >= 11 is 0. The van der Waals surface area contributed by atoms with Crippen LogP contribution in [0.4, 0.5) is 5.69 Å². The molecule has 0 atom stereocenters. The summed E-state index contributed by atoms with van der Waals surface area (Å²) in [5, 5.41) is 1.08. The first-order valence-electron chi connectivity index (χ1n) is 2.78. The predicted molar refractivity (Wildman–Crippen MR) is 37.0 cm³/mol. The van der Waals surface area contributed by atoms with Crippen molar-refractivity contribution in [3.05, 3.63) is 30.3 Å². The van der Waals surface area contributed by atoms with Gasteiger partial charge in [0, 0.05) is 7.05 Å². The Kier molecular flexibility index (Phi) is 1.70. The maximum atomic E-state index is 8.86. The second kappa shape index (κ2) is 2.51. The fourth-order valence-corrected chi connectivity index (χ4v) is 0.644. The van der Waals surface area contributed by atoms with E-state index in [0.717, 1.165) is 10.7 Å². The molecule has 2 radical (unpaired) electrons. The van der Waals surface area contributed by atoms with Crippen molar-refractivity contribution in [1.29, 1.82) is 0 Å². The van der Waals surface area contributed by atoms with Gasteiger partial charge in [0.1, 0.15) is 0 Å². The molecule has 0 aliphatic rings. The summed E-state index contributed by atoms with van der Waals surface area (Å²) in [5.41, 5.74) is 0.803. The van der Waals surface area contributed by atoms with Gasteiger partial charge in [0.15, 0.2) is 0 Å². The first-order chi connectivity index (χ1) is 4.30. The molecule has 0 saturated carbocycles. The van der Waals surface area contributed by atoms with Gasteiger partial charge in [-0.05, 0) is 18.0 Å². The first kappa shape index (κ1) is 6.11. The molecule has 0 N–H and O–H groups in total. The lowest BCUT2D eigenvalue weighted by Gasteiger charge is -2.05. The molecule has 0 saturated heterocycles. The SMILES string of the molecule is CN([N])c1ccccc1. The zero-order valence-electron chi connectivity index (χ0n) is 5.28. The van der Waals surface area contributed by atoms with Crippen LogP contribution in [0.15, 0.2) is 30.3 Å². The van der Waals surface area contributed by atoms with Crippen LogP contribution in [0.1, 0.15) is 0 Å². The highest BCUT2D eigenvalue weighted by Crippen LogP contribution is 2.06. The number of rotatable bonds is 1. The standard InChI is InChI=1S/C7H8N2/c1-9(8)7-5-3-2-4-6-7/h2-6H,1H3. The fraction of sp³-hybridized carbons (Fsp3) is 0.143. The molecule has 0 aromatic heterocycles. The third kappa shape index (κ3) is 1.44. The fourth-order valence-electron chi connectivity index (χ4n) is 0.644. The minimum atomic E-state index is 0.803. The van der Waals surface area contributed by atoms with E-state index in [4.69, 9.17) is 5.84 Å². The van der Waals surface area contributed by atoms with Crippen molar-refractivity contribution in [2.75, 3.05) is 12.1 Å². The van der Waals surface area contributed by atoms with E-state index in [1.54, 1.807) is 7.05 Å². The summed E-state index contributed by atoms with van der Waals surface area (Å²) in [6, 6.07) is 9.33. The second-order valence-corrected chi connectivity index (χ2v) is 1.86. The predicted octanol–water partition coefficient (Wildman–Crippen LogP) is 1.11. The largest absolute Gasteiger partial charge is 0.276 e. The molecule has 0 heterocycles. The summed E-state index contributed by atoms with van der Waals surface area (Å²) in [4.78, 5) is 0. The van der Waals surface area contributed by atoms with Gasteiger partial charge < -0.3 is 0 Å². The molecule has 9 heavy (non-hydrogen) atoms.